The molecule has 5 nitrogen and oxygen atoms in total. The second-order valence-electron chi connectivity index (χ2n) is 7.79. The van der Waals surface area contributed by atoms with Crippen LogP contribution < -0.4 is 15.4 Å². The zero-order chi connectivity index (χ0) is 20.0. The highest BCUT2D eigenvalue weighted by atomic mass is 16.5. The van der Waals surface area contributed by atoms with Gasteiger partial charge in [0, 0.05) is 18.4 Å². The van der Waals surface area contributed by atoms with Gasteiger partial charge in [0.15, 0.2) is 0 Å². The number of hydrogen-bond acceptors (Lipinski definition) is 3. The summed E-state index contributed by atoms with van der Waals surface area (Å²) in [6, 6.07) is 15.5. The van der Waals surface area contributed by atoms with Crippen molar-refractivity contribution in [3.05, 3.63) is 59.7 Å². The standard InChI is InChI=1S/C22H26N2O3/c1-14(25)24-18-13-16(27-5)11-12-17(18)22(4,15-9-7-6-8-10-15)19(20(23)26)21(24,2)3/h6-13,19H,1-5H3,(H2,23,26). The van der Waals surface area contributed by atoms with E-state index in [1.165, 1.54) is 6.92 Å². The Morgan fingerprint density at radius 1 is 1.07 bits per heavy atom. The molecule has 0 spiro atoms. The smallest absolute Gasteiger partial charge is 0.224 e. The fraction of sp³-hybridized carbons (Fsp3) is 0.364. The van der Waals surface area contributed by atoms with Gasteiger partial charge in [-0.1, -0.05) is 43.3 Å². The number of fused-ring (bicyclic) bond motifs is 1. The molecular weight excluding hydrogens is 340 g/mol. The largest absolute Gasteiger partial charge is 0.497 e. The third-order valence-corrected chi connectivity index (χ3v) is 5.84. The van der Waals surface area contributed by atoms with Crippen LogP contribution in [-0.2, 0) is 15.0 Å². The Balaban J connectivity index is 2.43. The molecule has 0 radical (unpaired) electrons. The molecule has 2 unspecified atom stereocenters. The minimum Gasteiger partial charge on any atom is -0.497 e. The lowest BCUT2D eigenvalue weighted by Crippen LogP contribution is -2.65. The Labute approximate surface area is 160 Å². The van der Waals surface area contributed by atoms with E-state index in [1.807, 2.05) is 69.3 Å². The molecule has 0 bridgehead atoms. The fourth-order valence-corrected chi connectivity index (χ4v) is 4.88. The van der Waals surface area contributed by atoms with Gasteiger partial charge in [0.1, 0.15) is 5.75 Å². The van der Waals surface area contributed by atoms with Crippen molar-refractivity contribution in [2.24, 2.45) is 11.7 Å². The summed E-state index contributed by atoms with van der Waals surface area (Å²) < 4.78 is 5.40. The first-order chi connectivity index (χ1) is 12.7. The van der Waals surface area contributed by atoms with Gasteiger partial charge >= 0.3 is 0 Å². The first kappa shape index (κ1) is 19.0. The summed E-state index contributed by atoms with van der Waals surface area (Å²) >= 11 is 0. The van der Waals surface area contributed by atoms with Crippen LogP contribution in [0, 0.1) is 5.92 Å². The molecule has 2 atom stereocenters. The lowest BCUT2D eigenvalue weighted by Gasteiger charge is -2.55. The number of nitrogens with two attached hydrogens (primary N) is 1. The maximum atomic E-state index is 12.7. The third kappa shape index (κ3) is 2.69. The predicted molar refractivity (Wildman–Crippen MR) is 106 cm³/mol. The van der Waals surface area contributed by atoms with E-state index in [2.05, 4.69) is 0 Å². The molecule has 2 aromatic rings. The number of amides is 2. The Kier molecular flexibility index (Phi) is 4.50. The summed E-state index contributed by atoms with van der Waals surface area (Å²) in [6.07, 6.45) is 0. The molecule has 0 aromatic heterocycles. The van der Waals surface area contributed by atoms with E-state index in [-0.39, 0.29) is 5.91 Å². The minimum absolute atomic E-state index is 0.143. The molecule has 0 saturated carbocycles. The maximum Gasteiger partial charge on any atom is 0.224 e. The first-order valence-corrected chi connectivity index (χ1v) is 8.99. The number of carbonyl (C=O) groups is 2. The molecule has 3 rings (SSSR count). The van der Waals surface area contributed by atoms with E-state index in [1.54, 1.807) is 12.0 Å². The number of carbonyl (C=O) groups excluding carboxylic acids is 2. The van der Waals surface area contributed by atoms with Crippen molar-refractivity contribution in [2.75, 3.05) is 12.0 Å². The third-order valence-electron chi connectivity index (χ3n) is 5.84. The topological polar surface area (TPSA) is 72.6 Å². The number of nitrogens with zero attached hydrogens (tertiary/aromatic N) is 1. The normalized spacial score (nSPS) is 23.4. The average Bonchev–Trinajstić information content (AvgIpc) is 2.60. The van der Waals surface area contributed by atoms with E-state index in [9.17, 15) is 9.59 Å². The predicted octanol–water partition coefficient (Wildman–Crippen LogP) is 3.25. The van der Waals surface area contributed by atoms with Crippen LogP contribution in [0.5, 0.6) is 5.75 Å². The van der Waals surface area contributed by atoms with Gasteiger partial charge in [0.2, 0.25) is 11.8 Å². The van der Waals surface area contributed by atoms with Crippen LogP contribution in [0.3, 0.4) is 0 Å². The summed E-state index contributed by atoms with van der Waals surface area (Å²) in [7, 11) is 1.59. The van der Waals surface area contributed by atoms with E-state index in [4.69, 9.17) is 10.5 Å². The second-order valence-corrected chi connectivity index (χ2v) is 7.79. The van der Waals surface area contributed by atoms with Crippen LogP contribution in [0.25, 0.3) is 0 Å². The van der Waals surface area contributed by atoms with Gasteiger partial charge in [-0.05, 0) is 31.0 Å². The quantitative estimate of drug-likeness (QED) is 0.906. The van der Waals surface area contributed by atoms with Gasteiger partial charge in [0.25, 0.3) is 0 Å². The SMILES string of the molecule is COc1ccc2c(c1)N(C(C)=O)C(C)(C)C(C(N)=O)C2(C)c1ccccc1. The van der Waals surface area contributed by atoms with E-state index in [0.717, 1.165) is 16.8 Å². The molecular formula is C22H26N2O3. The van der Waals surface area contributed by atoms with E-state index >= 15 is 0 Å². The highest BCUT2D eigenvalue weighted by Crippen LogP contribution is 2.54. The van der Waals surface area contributed by atoms with Crippen molar-refractivity contribution in [3.8, 4) is 5.75 Å². The minimum atomic E-state index is -0.818. The monoisotopic (exact) mass is 366 g/mol. The van der Waals surface area contributed by atoms with Crippen LogP contribution in [0.4, 0.5) is 5.69 Å². The van der Waals surface area contributed by atoms with Crippen molar-refractivity contribution in [2.45, 2.75) is 38.6 Å². The van der Waals surface area contributed by atoms with Gasteiger partial charge in [-0.3, -0.25) is 9.59 Å². The van der Waals surface area contributed by atoms with E-state index < -0.39 is 22.8 Å². The van der Waals surface area contributed by atoms with Crippen molar-refractivity contribution < 1.29 is 14.3 Å². The van der Waals surface area contributed by atoms with Gasteiger partial charge in [-0.25, -0.2) is 0 Å². The van der Waals surface area contributed by atoms with Gasteiger partial charge in [-0.15, -0.1) is 0 Å². The number of hydrogen-bond donors (Lipinski definition) is 1. The zero-order valence-electron chi connectivity index (χ0n) is 16.4. The molecule has 1 aliphatic heterocycles. The average molecular weight is 366 g/mol. The Hall–Kier alpha value is -2.82. The van der Waals surface area contributed by atoms with Crippen molar-refractivity contribution in [3.63, 3.8) is 0 Å². The lowest BCUT2D eigenvalue weighted by atomic mass is 9.57. The Morgan fingerprint density at radius 2 is 1.70 bits per heavy atom. The van der Waals surface area contributed by atoms with Crippen LogP contribution in [0.2, 0.25) is 0 Å². The number of methoxy groups -OCH3 is 1. The molecule has 0 fully saturated rings. The molecule has 2 aromatic carbocycles. The summed E-state index contributed by atoms with van der Waals surface area (Å²) in [5.41, 5.74) is 7.03. The molecule has 1 heterocycles. The Morgan fingerprint density at radius 3 is 2.22 bits per heavy atom. The number of benzene rings is 2. The van der Waals surface area contributed by atoms with Crippen molar-refractivity contribution in [1.29, 1.82) is 0 Å². The van der Waals surface area contributed by atoms with Crippen LogP contribution >= 0.6 is 0 Å². The second kappa shape index (κ2) is 6.41. The highest BCUT2D eigenvalue weighted by molar-refractivity contribution is 5.98. The molecule has 0 saturated heterocycles. The molecule has 2 amide bonds. The van der Waals surface area contributed by atoms with Crippen LogP contribution in [-0.4, -0.2) is 24.5 Å². The van der Waals surface area contributed by atoms with Crippen LogP contribution in [0.1, 0.15) is 38.8 Å². The molecule has 2 N–H and O–H groups in total. The highest BCUT2D eigenvalue weighted by Gasteiger charge is 2.57. The van der Waals surface area contributed by atoms with Crippen LogP contribution in [0.15, 0.2) is 48.5 Å². The van der Waals surface area contributed by atoms with Gasteiger partial charge in [0.05, 0.1) is 24.3 Å². The molecule has 1 aliphatic rings. The summed E-state index contributed by atoms with van der Waals surface area (Å²) in [5, 5.41) is 0. The summed E-state index contributed by atoms with van der Waals surface area (Å²) in [5.74, 6) is -0.532. The fourth-order valence-electron chi connectivity index (χ4n) is 4.88. The molecule has 142 valence electrons. The molecule has 5 heteroatoms. The van der Waals surface area contributed by atoms with E-state index in [0.29, 0.717) is 5.75 Å². The van der Waals surface area contributed by atoms with Crippen molar-refractivity contribution >= 4 is 17.5 Å². The van der Waals surface area contributed by atoms with Gasteiger partial charge < -0.3 is 15.4 Å². The lowest BCUT2D eigenvalue weighted by molar-refractivity contribution is -0.127. The maximum absolute atomic E-state index is 12.7. The zero-order valence-corrected chi connectivity index (χ0v) is 16.4. The number of ether oxygens (including phenoxy) is 1. The molecule has 27 heavy (non-hydrogen) atoms. The first-order valence-electron chi connectivity index (χ1n) is 8.99. The van der Waals surface area contributed by atoms with Gasteiger partial charge in [-0.2, -0.15) is 0 Å². The van der Waals surface area contributed by atoms with Crippen molar-refractivity contribution in [1.82, 2.24) is 0 Å². The Bertz CT molecular complexity index is 892. The summed E-state index contributed by atoms with van der Waals surface area (Å²) in [4.78, 5) is 27.0. The number of primary amides is 1. The number of anilines is 1. The number of rotatable bonds is 3. The molecule has 0 aliphatic carbocycles. The summed E-state index contributed by atoms with van der Waals surface area (Å²) in [6.45, 7) is 7.33.